The molecule has 2 heterocycles. The fourth-order valence-electron chi connectivity index (χ4n) is 5.17. The van der Waals surface area contributed by atoms with E-state index in [2.05, 4.69) is 62.2 Å². The Labute approximate surface area is 217 Å². The van der Waals surface area contributed by atoms with Crippen LogP contribution in [0.2, 0.25) is 0 Å². The van der Waals surface area contributed by atoms with Crippen molar-refractivity contribution in [1.82, 2.24) is 19.6 Å². The van der Waals surface area contributed by atoms with Crippen LogP contribution in [0, 0.1) is 0 Å². The van der Waals surface area contributed by atoms with Crippen molar-refractivity contribution in [3.63, 3.8) is 0 Å². The first-order valence-corrected chi connectivity index (χ1v) is 13.0. The third kappa shape index (κ3) is 4.59. The number of aromatic nitrogens is 4. The summed E-state index contributed by atoms with van der Waals surface area (Å²) in [6.07, 6.45) is 5.14. The zero-order chi connectivity index (χ0) is 26.5. The van der Waals surface area contributed by atoms with Gasteiger partial charge in [0.25, 0.3) is 5.56 Å². The number of imidazole rings is 1. The molecule has 192 valence electrons. The fourth-order valence-corrected chi connectivity index (χ4v) is 5.17. The van der Waals surface area contributed by atoms with Crippen molar-refractivity contribution in [2.45, 2.75) is 78.1 Å². The predicted octanol–water partition coefficient (Wildman–Crippen LogP) is 6.01. The van der Waals surface area contributed by atoms with Crippen molar-refractivity contribution >= 4 is 17.4 Å². The number of amides is 1. The van der Waals surface area contributed by atoms with Crippen LogP contribution in [0.4, 0.5) is 5.69 Å². The Balaban J connectivity index is 1.64. The summed E-state index contributed by atoms with van der Waals surface area (Å²) in [5.74, 6) is 0.302. The number of fused-ring (bicyclic) bond motifs is 2. The lowest BCUT2D eigenvalue weighted by Gasteiger charge is -2.25. The molecule has 0 unspecified atom stereocenters. The van der Waals surface area contributed by atoms with E-state index in [-0.39, 0.29) is 28.0 Å². The molecule has 5 rings (SSSR count). The molecule has 0 fully saturated rings. The minimum absolute atomic E-state index is 0.00668. The van der Waals surface area contributed by atoms with Gasteiger partial charge in [-0.25, -0.2) is 9.50 Å². The monoisotopic (exact) mass is 497 g/mol. The summed E-state index contributed by atoms with van der Waals surface area (Å²) in [5, 5.41) is 7.57. The second-order valence-corrected chi connectivity index (χ2v) is 11.7. The SMILES string of the molecule is CCCC(=O)Nc1ccccc1-c1nn2cc(-c3cc(C(C)(C)C)cc4c3CCC4(C)C)nc2[nH]c1=O. The first kappa shape index (κ1) is 24.9. The molecule has 4 aromatic rings. The Morgan fingerprint density at radius 3 is 2.65 bits per heavy atom. The number of nitrogens with zero attached hydrogens (tertiary/aromatic N) is 3. The molecule has 2 N–H and O–H groups in total. The van der Waals surface area contributed by atoms with Gasteiger partial charge in [-0.3, -0.25) is 14.6 Å². The molecule has 0 spiro atoms. The average molecular weight is 498 g/mol. The third-order valence-corrected chi connectivity index (χ3v) is 7.39. The van der Waals surface area contributed by atoms with Gasteiger partial charge in [-0.05, 0) is 58.9 Å². The molecule has 0 atom stereocenters. The van der Waals surface area contributed by atoms with E-state index in [1.807, 2.05) is 25.3 Å². The molecule has 2 aromatic heterocycles. The topological polar surface area (TPSA) is 92.2 Å². The van der Waals surface area contributed by atoms with Crippen LogP contribution in [0.1, 0.15) is 77.5 Å². The molecule has 0 radical (unpaired) electrons. The maximum atomic E-state index is 13.1. The number of carbonyl (C=O) groups excluding carboxylic acids is 1. The van der Waals surface area contributed by atoms with Crippen LogP contribution in [-0.4, -0.2) is 25.5 Å². The highest BCUT2D eigenvalue weighted by Gasteiger charge is 2.34. The van der Waals surface area contributed by atoms with Crippen LogP contribution in [0.25, 0.3) is 28.3 Å². The van der Waals surface area contributed by atoms with Gasteiger partial charge in [0.2, 0.25) is 11.7 Å². The van der Waals surface area contributed by atoms with Crippen molar-refractivity contribution in [3.05, 3.63) is 69.6 Å². The van der Waals surface area contributed by atoms with Crippen LogP contribution < -0.4 is 10.9 Å². The lowest BCUT2D eigenvalue weighted by atomic mass is 9.79. The summed E-state index contributed by atoms with van der Waals surface area (Å²) in [7, 11) is 0. The smallest absolute Gasteiger partial charge is 0.279 e. The maximum absolute atomic E-state index is 13.1. The largest absolute Gasteiger partial charge is 0.325 e. The second-order valence-electron chi connectivity index (χ2n) is 11.7. The summed E-state index contributed by atoms with van der Waals surface area (Å²) in [6.45, 7) is 13.3. The van der Waals surface area contributed by atoms with E-state index >= 15 is 0 Å². The summed E-state index contributed by atoms with van der Waals surface area (Å²) >= 11 is 0. The van der Waals surface area contributed by atoms with E-state index in [1.54, 1.807) is 16.6 Å². The zero-order valence-corrected chi connectivity index (χ0v) is 22.5. The Bertz CT molecular complexity index is 1570. The van der Waals surface area contributed by atoms with Gasteiger partial charge in [0.15, 0.2) is 5.69 Å². The van der Waals surface area contributed by atoms with Gasteiger partial charge in [-0.15, -0.1) is 0 Å². The lowest BCUT2D eigenvalue weighted by molar-refractivity contribution is -0.116. The van der Waals surface area contributed by atoms with Crippen LogP contribution >= 0.6 is 0 Å². The molecule has 0 aliphatic heterocycles. The normalized spacial score (nSPS) is 14.6. The van der Waals surface area contributed by atoms with Gasteiger partial charge in [0, 0.05) is 17.5 Å². The van der Waals surface area contributed by atoms with E-state index < -0.39 is 0 Å². The number of carbonyl (C=O) groups is 1. The molecule has 7 heteroatoms. The highest BCUT2D eigenvalue weighted by Crippen LogP contribution is 2.44. The summed E-state index contributed by atoms with van der Waals surface area (Å²) in [4.78, 5) is 33.1. The number of aromatic amines is 1. The number of hydrogen-bond acceptors (Lipinski definition) is 4. The van der Waals surface area contributed by atoms with Crippen LogP contribution in [-0.2, 0) is 22.0 Å². The van der Waals surface area contributed by atoms with Crippen LogP contribution in [0.5, 0.6) is 0 Å². The van der Waals surface area contributed by atoms with Gasteiger partial charge in [0.05, 0.1) is 17.6 Å². The Morgan fingerprint density at radius 2 is 1.92 bits per heavy atom. The summed E-state index contributed by atoms with van der Waals surface area (Å²) in [6, 6.07) is 11.9. The maximum Gasteiger partial charge on any atom is 0.279 e. The molecule has 0 saturated carbocycles. The number of H-pyrrole nitrogens is 1. The lowest BCUT2D eigenvalue weighted by Crippen LogP contribution is -2.17. The molecule has 1 amide bonds. The van der Waals surface area contributed by atoms with Gasteiger partial charge in [-0.2, -0.15) is 5.10 Å². The molecule has 37 heavy (non-hydrogen) atoms. The van der Waals surface area contributed by atoms with Crippen molar-refractivity contribution < 1.29 is 4.79 Å². The summed E-state index contributed by atoms with van der Waals surface area (Å²) < 4.78 is 1.63. The van der Waals surface area contributed by atoms with Crippen LogP contribution in [0.3, 0.4) is 0 Å². The molecule has 2 aromatic carbocycles. The highest BCUT2D eigenvalue weighted by atomic mass is 16.1. The fraction of sp³-hybridized carbons (Fsp3) is 0.400. The van der Waals surface area contributed by atoms with E-state index in [9.17, 15) is 9.59 Å². The number of hydrogen-bond donors (Lipinski definition) is 2. The molecular formula is C30H35N5O2. The number of nitrogens with one attached hydrogen (secondary N) is 2. The molecule has 7 nitrogen and oxygen atoms in total. The van der Waals surface area contributed by atoms with Gasteiger partial charge in [0.1, 0.15) is 0 Å². The van der Waals surface area contributed by atoms with Gasteiger partial charge in [-0.1, -0.05) is 65.8 Å². The molecule has 1 aliphatic rings. The molecule has 0 saturated heterocycles. The number of rotatable bonds is 5. The molecule has 1 aliphatic carbocycles. The standard InChI is InChI=1S/C30H35N5O2/c1-7-10-25(36)31-23-12-9-8-11-20(23)26-27(37)33-28-32-24(17-35(28)34-26)21-15-18(29(2,3)4)16-22-19(21)13-14-30(22,5)6/h8-9,11-12,15-17H,7,10,13-14H2,1-6H3,(H,31,36)(H,32,33,37). The minimum Gasteiger partial charge on any atom is -0.325 e. The summed E-state index contributed by atoms with van der Waals surface area (Å²) in [5.41, 5.74) is 7.00. The molecule has 0 bridgehead atoms. The Morgan fingerprint density at radius 1 is 1.16 bits per heavy atom. The van der Waals surface area contributed by atoms with E-state index in [0.29, 0.717) is 23.4 Å². The highest BCUT2D eigenvalue weighted by molar-refractivity contribution is 5.94. The zero-order valence-electron chi connectivity index (χ0n) is 22.5. The second kappa shape index (κ2) is 8.98. The first-order valence-electron chi connectivity index (χ1n) is 13.0. The van der Waals surface area contributed by atoms with E-state index in [0.717, 1.165) is 30.5 Å². The average Bonchev–Trinajstić information content (AvgIpc) is 3.38. The quantitative estimate of drug-likeness (QED) is 0.353. The molecular weight excluding hydrogens is 462 g/mol. The minimum atomic E-state index is -0.350. The van der Waals surface area contributed by atoms with E-state index in [4.69, 9.17) is 4.98 Å². The Kier molecular flexibility index (Phi) is 6.05. The van der Waals surface area contributed by atoms with Crippen molar-refractivity contribution in [2.75, 3.05) is 5.32 Å². The van der Waals surface area contributed by atoms with Gasteiger partial charge >= 0.3 is 0 Å². The first-order chi connectivity index (χ1) is 17.5. The number of benzene rings is 2. The number of para-hydroxylation sites is 1. The van der Waals surface area contributed by atoms with Gasteiger partial charge < -0.3 is 5.32 Å². The van der Waals surface area contributed by atoms with E-state index in [1.165, 1.54) is 16.7 Å². The van der Waals surface area contributed by atoms with Crippen molar-refractivity contribution in [3.8, 4) is 22.5 Å². The van der Waals surface area contributed by atoms with Crippen molar-refractivity contribution in [1.29, 1.82) is 0 Å². The number of anilines is 1. The third-order valence-electron chi connectivity index (χ3n) is 7.39. The van der Waals surface area contributed by atoms with Crippen molar-refractivity contribution in [2.24, 2.45) is 0 Å². The van der Waals surface area contributed by atoms with Crippen LogP contribution in [0.15, 0.2) is 47.4 Å². The Hall–Kier alpha value is -3.74. The predicted molar refractivity (Wildman–Crippen MR) is 148 cm³/mol.